The van der Waals surface area contributed by atoms with Crippen molar-refractivity contribution in [3.05, 3.63) is 42.0 Å². The molecule has 21 heavy (non-hydrogen) atoms. The van der Waals surface area contributed by atoms with Gasteiger partial charge in [0.1, 0.15) is 0 Å². The summed E-state index contributed by atoms with van der Waals surface area (Å²) >= 11 is 0. The largest absolute Gasteiger partial charge is 1.00 e. The van der Waals surface area contributed by atoms with E-state index >= 15 is 0 Å². The summed E-state index contributed by atoms with van der Waals surface area (Å²) in [7, 11) is 0. The number of carboxylic acid groups (broad SMARTS) is 2. The predicted octanol–water partition coefficient (Wildman–Crippen LogP) is -3.20. The van der Waals surface area contributed by atoms with E-state index in [0.717, 1.165) is 5.56 Å². The van der Waals surface area contributed by atoms with Crippen LogP contribution in [0.5, 0.6) is 0 Å². The molecule has 0 heterocycles. The van der Waals surface area contributed by atoms with Crippen LogP contribution in [0.3, 0.4) is 0 Å². The predicted molar refractivity (Wildman–Crippen MR) is 69.3 cm³/mol. The Balaban J connectivity index is 0.00000400. The van der Waals surface area contributed by atoms with Gasteiger partial charge in [-0.05, 0) is 18.1 Å². The molecule has 1 amide bonds. The van der Waals surface area contributed by atoms with Gasteiger partial charge in [0, 0.05) is 12.5 Å². The third-order valence-electron chi connectivity index (χ3n) is 2.47. The van der Waals surface area contributed by atoms with Crippen molar-refractivity contribution < 1.29 is 54.2 Å². The molecular formula is C14H14NNaO5. The summed E-state index contributed by atoms with van der Waals surface area (Å²) in [5.74, 6) is -3.26. The van der Waals surface area contributed by atoms with E-state index < -0.39 is 23.9 Å². The first-order chi connectivity index (χ1) is 9.49. The van der Waals surface area contributed by atoms with Gasteiger partial charge in [0.15, 0.2) is 0 Å². The Morgan fingerprint density at radius 2 is 1.86 bits per heavy atom. The number of rotatable bonds is 7. The molecular weight excluding hydrogens is 285 g/mol. The molecule has 0 bridgehead atoms. The molecule has 0 spiro atoms. The van der Waals surface area contributed by atoms with Crippen molar-refractivity contribution >= 4 is 23.9 Å². The van der Waals surface area contributed by atoms with Crippen molar-refractivity contribution in [2.24, 2.45) is 0 Å². The van der Waals surface area contributed by atoms with Crippen molar-refractivity contribution in [1.82, 2.24) is 5.32 Å². The van der Waals surface area contributed by atoms with E-state index in [1.54, 1.807) is 24.3 Å². The Labute approximate surface area is 144 Å². The third kappa shape index (κ3) is 8.29. The van der Waals surface area contributed by atoms with Gasteiger partial charge in [-0.25, -0.2) is 0 Å². The SMILES string of the molecule is O=C(O)CC[C@H](NC(=O)C=Cc1ccccc1)C(=O)[O-].[Na+]. The molecule has 7 heteroatoms. The van der Waals surface area contributed by atoms with Crippen molar-refractivity contribution in [1.29, 1.82) is 0 Å². The Hall–Kier alpha value is -1.63. The average molecular weight is 299 g/mol. The fourth-order valence-corrected chi connectivity index (χ4v) is 1.47. The number of carboxylic acids is 2. The van der Waals surface area contributed by atoms with Gasteiger partial charge in [0.2, 0.25) is 5.91 Å². The van der Waals surface area contributed by atoms with E-state index in [0.29, 0.717) is 0 Å². The van der Waals surface area contributed by atoms with Gasteiger partial charge in [-0.2, -0.15) is 0 Å². The number of carbonyl (C=O) groups is 3. The Kier molecular flexibility index (Phi) is 9.36. The summed E-state index contributed by atoms with van der Waals surface area (Å²) in [6.07, 6.45) is 2.13. The molecule has 6 nitrogen and oxygen atoms in total. The van der Waals surface area contributed by atoms with Gasteiger partial charge in [-0.3, -0.25) is 9.59 Å². The number of hydrogen-bond acceptors (Lipinski definition) is 4. The van der Waals surface area contributed by atoms with Crippen LogP contribution in [0.4, 0.5) is 0 Å². The normalized spacial score (nSPS) is 11.4. The summed E-state index contributed by atoms with van der Waals surface area (Å²) in [6, 6.07) is 7.67. The fourth-order valence-electron chi connectivity index (χ4n) is 1.47. The molecule has 1 rings (SSSR count). The van der Waals surface area contributed by atoms with Crippen LogP contribution in [0, 0.1) is 0 Å². The number of amides is 1. The van der Waals surface area contributed by atoms with Gasteiger partial charge in [-0.15, -0.1) is 0 Å². The summed E-state index contributed by atoms with van der Waals surface area (Å²) < 4.78 is 0. The van der Waals surface area contributed by atoms with Gasteiger partial charge in [0.25, 0.3) is 0 Å². The molecule has 0 aliphatic rings. The van der Waals surface area contributed by atoms with E-state index in [4.69, 9.17) is 5.11 Å². The van der Waals surface area contributed by atoms with Crippen LogP contribution >= 0.6 is 0 Å². The number of carbonyl (C=O) groups excluding carboxylic acids is 2. The quantitative estimate of drug-likeness (QED) is 0.407. The topological polar surface area (TPSA) is 107 Å². The van der Waals surface area contributed by atoms with Crippen LogP contribution in [-0.4, -0.2) is 29.0 Å². The molecule has 0 saturated carbocycles. The smallest absolute Gasteiger partial charge is 0.548 e. The first kappa shape index (κ1) is 19.4. The Morgan fingerprint density at radius 1 is 1.24 bits per heavy atom. The van der Waals surface area contributed by atoms with Crippen molar-refractivity contribution in [3.63, 3.8) is 0 Å². The monoisotopic (exact) mass is 299 g/mol. The molecule has 1 atom stereocenters. The summed E-state index contributed by atoms with van der Waals surface area (Å²) in [6.45, 7) is 0. The minimum absolute atomic E-state index is 0. The fraction of sp³-hybridized carbons (Fsp3) is 0.214. The van der Waals surface area contributed by atoms with E-state index in [2.05, 4.69) is 5.32 Å². The summed E-state index contributed by atoms with van der Waals surface area (Å²) in [5, 5.41) is 21.5. The first-order valence-electron chi connectivity index (χ1n) is 5.95. The van der Waals surface area contributed by atoms with Crippen LogP contribution in [0.15, 0.2) is 36.4 Å². The molecule has 2 N–H and O–H groups in total. The molecule has 1 aromatic carbocycles. The number of aliphatic carboxylic acids is 2. The first-order valence-corrected chi connectivity index (χ1v) is 5.95. The maximum absolute atomic E-state index is 11.5. The van der Waals surface area contributed by atoms with E-state index in [-0.39, 0.29) is 42.4 Å². The Bertz CT molecular complexity index is 515. The molecule has 0 saturated heterocycles. The zero-order valence-electron chi connectivity index (χ0n) is 11.6. The standard InChI is InChI=1S/C14H15NO5.Na/c16-12(8-6-10-4-2-1-3-5-10)15-11(14(19)20)7-9-13(17)18;/h1-6,8,11H,7,9H2,(H,15,16)(H,17,18)(H,19,20);/q;+1/p-1/t11-;/m0./s1. The number of hydrogen-bond donors (Lipinski definition) is 2. The molecule has 0 aromatic heterocycles. The van der Waals surface area contributed by atoms with Crippen LogP contribution in [0.25, 0.3) is 6.08 Å². The van der Waals surface area contributed by atoms with Gasteiger partial charge >= 0.3 is 35.5 Å². The molecule has 0 aliphatic carbocycles. The van der Waals surface area contributed by atoms with E-state index in [1.807, 2.05) is 6.07 Å². The Morgan fingerprint density at radius 3 is 2.38 bits per heavy atom. The molecule has 0 aliphatic heterocycles. The second kappa shape index (κ2) is 10.1. The second-order valence-electron chi connectivity index (χ2n) is 4.06. The maximum atomic E-state index is 11.5. The van der Waals surface area contributed by atoms with Crippen molar-refractivity contribution in [3.8, 4) is 0 Å². The molecule has 0 unspecified atom stereocenters. The van der Waals surface area contributed by atoms with Crippen LogP contribution in [0.2, 0.25) is 0 Å². The molecule has 0 fully saturated rings. The molecule has 0 radical (unpaired) electrons. The van der Waals surface area contributed by atoms with Crippen molar-refractivity contribution in [2.45, 2.75) is 18.9 Å². The zero-order valence-corrected chi connectivity index (χ0v) is 13.6. The summed E-state index contributed by atoms with van der Waals surface area (Å²) in [4.78, 5) is 32.7. The van der Waals surface area contributed by atoms with Crippen molar-refractivity contribution in [2.75, 3.05) is 0 Å². The van der Waals surface area contributed by atoms with E-state index in [1.165, 1.54) is 12.2 Å². The van der Waals surface area contributed by atoms with Crippen LogP contribution < -0.4 is 40.0 Å². The third-order valence-corrected chi connectivity index (χ3v) is 2.47. The zero-order chi connectivity index (χ0) is 15.0. The number of nitrogens with one attached hydrogen (secondary N) is 1. The summed E-state index contributed by atoms with van der Waals surface area (Å²) in [5.41, 5.74) is 0.790. The maximum Gasteiger partial charge on any atom is 1.00 e. The molecule has 1 aromatic rings. The second-order valence-corrected chi connectivity index (χ2v) is 4.06. The minimum atomic E-state index is -1.51. The van der Waals surface area contributed by atoms with E-state index in [9.17, 15) is 19.5 Å². The number of benzene rings is 1. The molecule has 106 valence electrons. The van der Waals surface area contributed by atoms with Gasteiger partial charge < -0.3 is 20.3 Å². The van der Waals surface area contributed by atoms with Gasteiger partial charge in [0.05, 0.1) is 12.0 Å². The van der Waals surface area contributed by atoms with Crippen LogP contribution in [0.1, 0.15) is 18.4 Å². The average Bonchev–Trinajstić information content (AvgIpc) is 2.41. The minimum Gasteiger partial charge on any atom is -0.548 e. The van der Waals surface area contributed by atoms with Gasteiger partial charge in [-0.1, -0.05) is 30.3 Å². The van der Waals surface area contributed by atoms with Crippen LogP contribution in [-0.2, 0) is 14.4 Å².